The largest absolute Gasteiger partial charge is 0.308 e. The second-order valence-electron chi connectivity index (χ2n) is 6.58. The molecule has 1 N–H and O–H groups in total. The van der Waals surface area contributed by atoms with Gasteiger partial charge in [0.2, 0.25) is 0 Å². The van der Waals surface area contributed by atoms with Crippen molar-refractivity contribution in [3.63, 3.8) is 0 Å². The van der Waals surface area contributed by atoms with Gasteiger partial charge >= 0.3 is 0 Å². The molecule has 3 nitrogen and oxygen atoms in total. The van der Waals surface area contributed by atoms with Crippen molar-refractivity contribution in [3.8, 4) is 0 Å². The molecule has 0 aromatic carbocycles. The number of piperidine rings is 1. The second-order valence-corrected chi connectivity index (χ2v) is 6.58. The van der Waals surface area contributed by atoms with Crippen LogP contribution in [-0.2, 0) is 0 Å². The van der Waals surface area contributed by atoms with Gasteiger partial charge in [-0.15, -0.1) is 0 Å². The monoisotopic (exact) mass is 267 g/mol. The number of nitrogens with one attached hydrogen (secondary N) is 1. The lowest BCUT2D eigenvalue weighted by molar-refractivity contribution is 0.0128. The number of hydrogen-bond acceptors (Lipinski definition) is 3. The number of likely N-dealkylation sites (N-methyl/N-ethyl adjacent to an activating group) is 1. The van der Waals surface area contributed by atoms with Crippen LogP contribution in [0.25, 0.3) is 0 Å². The van der Waals surface area contributed by atoms with Crippen LogP contribution >= 0.6 is 0 Å². The molecule has 0 amide bonds. The minimum Gasteiger partial charge on any atom is -0.308 e. The van der Waals surface area contributed by atoms with Gasteiger partial charge in [0, 0.05) is 37.3 Å². The van der Waals surface area contributed by atoms with Gasteiger partial charge in [-0.3, -0.25) is 4.90 Å². The first kappa shape index (κ1) is 15.3. The quantitative estimate of drug-likeness (QED) is 0.843. The topological polar surface area (TPSA) is 18.5 Å². The smallest absolute Gasteiger partial charge is 0.0304 e. The first-order valence-electron chi connectivity index (χ1n) is 8.37. The van der Waals surface area contributed by atoms with E-state index >= 15 is 0 Å². The maximum atomic E-state index is 3.82. The number of piperazine rings is 1. The van der Waals surface area contributed by atoms with E-state index in [9.17, 15) is 0 Å². The summed E-state index contributed by atoms with van der Waals surface area (Å²) >= 11 is 0. The number of nitrogens with zero attached hydrogens (tertiary/aromatic N) is 2. The van der Waals surface area contributed by atoms with E-state index < -0.39 is 0 Å². The highest BCUT2D eigenvalue weighted by Gasteiger charge is 2.38. The Morgan fingerprint density at radius 3 is 2.58 bits per heavy atom. The molecule has 3 heteroatoms. The molecule has 2 fully saturated rings. The Hall–Kier alpha value is -0.120. The van der Waals surface area contributed by atoms with Crippen LogP contribution in [0.15, 0.2) is 0 Å². The molecule has 2 saturated heterocycles. The van der Waals surface area contributed by atoms with Gasteiger partial charge in [-0.2, -0.15) is 0 Å². The van der Waals surface area contributed by atoms with Crippen LogP contribution in [0.2, 0.25) is 0 Å². The molecule has 2 unspecified atom stereocenters. The minimum atomic E-state index is 0.362. The molecule has 2 aliphatic heterocycles. The Kier molecular flexibility index (Phi) is 5.27. The molecule has 112 valence electrons. The van der Waals surface area contributed by atoms with E-state index in [4.69, 9.17) is 0 Å². The zero-order valence-corrected chi connectivity index (χ0v) is 13.4. The van der Waals surface area contributed by atoms with Crippen LogP contribution < -0.4 is 5.32 Å². The van der Waals surface area contributed by atoms with E-state index in [1.807, 2.05) is 0 Å². The van der Waals surface area contributed by atoms with Gasteiger partial charge in [0.15, 0.2) is 0 Å². The molecule has 19 heavy (non-hydrogen) atoms. The average Bonchev–Trinajstić information content (AvgIpc) is 2.48. The highest BCUT2D eigenvalue weighted by atomic mass is 15.3. The molecular formula is C16H33N3. The standard InChI is InChI=1S/C16H33N3/c1-5-16(6-2)13-19(14(4)11-17-16)15-9-8-10-18(7-3)12-15/h14-15,17H,5-13H2,1-4H3. The number of rotatable bonds is 4. The third-order valence-corrected chi connectivity index (χ3v) is 5.57. The molecule has 0 bridgehead atoms. The SMILES string of the molecule is CCN1CCCC(N2CC(CC)(CC)NCC2C)C1. The Balaban J connectivity index is 2.04. The average molecular weight is 267 g/mol. The van der Waals surface area contributed by atoms with E-state index in [2.05, 4.69) is 42.8 Å². The maximum Gasteiger partial charge on any atom is 0.0304 e. The molecule has 0 aromatic rings. The van der Waals surface area contributed by atoms with Crippen molar-refractivity contribution < 1.29 is 0 Å². The van der Waals surface area contributed by atoms with Gasteiger partial charge in [0.05, 0.1) is 0 Å². The van der Waals surface area contributed by atoms with Crippen molar-refractivity contribution >= 4 is 0 Å². The van der Waals surface area contributed by atoms with Crippen molar-refractivity contribution in [2.24, 2.45) is 0 Å². The van der Waals surface area contributed by atoms with E-state index in [-0.39, 0.29) is 0 Å². The Labute approximate surface area is 119 Å². The molecule has 2 aliphatic rings. The summed E-state index contributed by atoms with van der Waals surface area (Å²) in [5.41, 5.74) is 0.362. The van der Waals surface area contributed by atoms with Crippen molar-refractivity contribution in [3.05, 3.63) is 0 Å². The fourth-order valence-electron chi connectivity index (χ4n) is 3.84. The summed E-state index contributed by atoms with van der Waals surface area (Å²) in [7, 11) is 0. The highest BCUT2D eigenvalue weighted by molar-refractivity contribution is 4.98. The van der Waals surface area contributed by atoms with Crippen LogP contribution in [0.4, 0.5) is 0 Å². The molecular weight excluding hydrogens is 234 g/mol. The molecule has 0 aliphatic carbocycles. The van der Waals surface area contributed by atoms with Gasteiger partial charge < -0.3 is 10.2 Å². The Bertz CT molecular complexity index is 275. The predicted octanol–water partition coefficient (Wildman–Crippen LogP) is 2.32. The van der Waals surface area contributed by atoms with E-state index in [0.29, 0.717) is 11.6 Å². The van der Waals surface area contributed by atoms with Gasteiger partial charge in [-0.05, 0) is 45.7 Å². The molecule has 0 spiro atoms. The van der Waals surface area contributed by atoms with Gasteiger partial charge in [0.1, 0.15) is 0 Å². The van der Waals surface area contributed by atoms with Crippen LogP contribution in [-0.4, -0.2) is 60.1 Å². The van der Waals surface area contributed by atoms with Gasteiger partial charge in [0.25, 0.3) is 0 Å². The Morgan fingerprint density at radius 2 is 1.95 bits per heavy atom. The number of likely N-dealkylation sites (tertiary alicyclic amines) is 1. The lowest BCUT2D eigenvalue weighted by Gasteiger charge is -2.51. The summed E-state index contributed by atoms with van der Waals surface area (Å²) < 4.78 is 0. The van der Waals surface area contributed by atoms with Crippen molar-refractivity contribution in [1.29, 1.82) is 0 Å². The second kappa shape index (κ2) is 6.55. The fraction of sp³-hybridized carbons (Fsp3) is 1.00. The number of hydrogen-bond donors (Lipinski definition) is 1. The lowest BCUT2D eigenvalue weighted by atomic mass is 9.87. The van der Waals surface area contributed by atoms with E-state index in [1.165, 1.54) is 51.9 Å². The lowest BCUT2D eigenvalue weighted by Crippen LogP contribution is -2.66. The van der Waals surface area contributed by atoms with E-state index in [0.717, 1.165) is 12.6 Å². The molecule has 0 radical (unpaired) electrons. The molecule has 2 heterocycles. The van der Waals surface area contributed by atoms with Crippen LogP contribution in [0.1, 0.15) is 53.4 Å². The third kappa shape index (κ3) is 3.32. The van der Waals surface area contributed by atoms with Crippen LogP contribution in [0.5, 0.6) is 0 Å². The molecule has 0 aromatic heterocycles. The van der Waals surface area contributed by atoms with Crippen molar-refractivity contribution in [2.75, 3.05) is 32.7 Å². The zero-order chi connectivity index (χ0) is 13.9. The molecule has 0 saturated carbocycles. The van der Waals surface area contributed by atoms with E-state index in [1.54, 1.807) is 0 Å². The summed E-state index contributed by atoms with van der Waals surface area (Å²) in [6.07, 6.45) is 5.26. The summed E-state index contributed by atoms with van der Waals surface area (Å²) in [5.74, 6) is 0. The first-order valence-corrected chi connectivity index (χ1v) is 8.37. The Morgan fingerprint density at radius 1 is 1.21 bits per heavy atom. The predicted molar refractivity (Wildman–Crippen MR) is 82.6 cm³/mol. The van der Waals surface area contributed by atoms with Crippen LogP contribution in [0, 0.1) is 0 Å². The molecule has 2 atom stereocenters. The normalized spacial score (nSPS) is 33.5. The van der Waals surface area contributed by atoms with Crippen molar-refractivity contribution in [2.45, 2.75) is 71.0 Å². The summed E-state index contributed by atoms with van der Waals surface area (Å²) in [6, 6.07) is 1.47. The third-order valence-electron chi connectivity index (χ3n) is 5.57. The summed E-state index contributed by atoms with van der Waals surface area (Å²) in [5, 5.41) is 3.82. The fourth-order valence-corrected chi connectivity index (χ4v) is 3.84. The van der Waals surface area contributed by atoms with Gasteiger partial charge in [-0.25, -0.2) is 0 Å². The minimum absolute atomic E-state index is 0.362. The summed E-state index contributed by atoms with van der Waals surface area (Å²) in [6.45, 7) is 15.6. The first-order chi connectivity index (χ1) is 9.14. The summed E-state index contributed by atoms with van der Waals surface area (Å²) in [4.78, 5) is 5.44. The maximum absolute atomic E-state index is 3.82. The van der Waals surface area contributed by atoms with Crippen LogP contribution in [0.3, 0.4) is 0 Å². The van der Waals surface area contributed by atoms with Gasteiger partial charge in [-0.1, -0.05) is 20.8 Å². The van der Waals surface area contributed by atoms with Crippen molar-refractivity contribution in [1.82, 2.24) is 15.1 Å². The highest BCUT2D eigenvalue weighted by Crippen LogP contribution is 2.27. The molecule has 2 rings (SSSR count). The zero-order valence-electron chi connectivity index (χ0n) is 13.4.